The normalized spacial score (nSPS) is 9.88. The van der Waals surface area contributed by atoms with Crippen LogP contribution in [-0.2, 0) is 6.54 Å². The van der Waals surface area contributed by atoms with Crippen molar-refractivity contribution in [3.8, 4) is 0 Å². The van der Waals surface area contributed by atoms with Crippen LogP contribution in [0.4, 0.5) is 5.69 Å². The molecule has 0 aliphatic carbocycles. The Hall–Kier alpha value is -2.21. The first-order chi connectivity index (χ1) is 8.07. The van der Waals surface area contributed by atoms with Crippen LogP contribution in [0.3, 0.4) is 0 Å². The van der Waals surface area contributed by atoms with E-state index in [4.69, 9.17) is 5.11 Å². The Morgan fingerprint density at radius 2 is 2.29 bits per heavy atom. The maximum atomic E-state index is 11.0. The second-order valence-electron chi connectivity index (χ2n) is 3.29. The van der Waals surface area contributed by atoms with E-state index < -0.39 is 16.6 Å². The van der Waals surface area contributed by atoms with Crippen molar-refractivity contribution >= 4 is 11.7 Å². The summed E-state index contributed by atoms with van der Waals surface area (Å²) < 4.78 is 0. The molecule has 0 saturated carbocycles. The monoisotopic (exact) mass is 236 g/mol. The molecule has 0 spiro atoms. The van der Waals surface area contributed by atoms with Gasteiger partial charge in [-0.25, -0.2) is 4.79 Å². The van der Waals surface area contributed by atoms with E-state index in [1.807, 2.05) is 0 Å². The molecule has 17 heavy (non-hydrogen) atoms. The summed E-state index contributed by atoms with van der Waals surface area (Å²) in [5, 5.41) is 22.6. The van der Waals surface area contributed by atoms with Gasteiger partial charge in [0, 0.05) is 19.2 Å². The molecule has 0 fully saturated rings. The summed E-state index contributed by atoms with van der Waals surface area (Å²) in [7, 11) is 0. The number of nitro benzene ring substituents is 1. The van der Waals surface area contributed by atoms with Crippen LogP contribution in [0.5, 0.6) is 0 Å². The topological polar surface area (TPSA) is 92.5 Å². The van der Waals surface area contributed by atoms with Gasteiger partial charge in [0.2, 0.25) is 0 Å². The predicted octanol–water partition coefficient (Wildman–Crippen LogP) is 1.57. The Labute approximate surface area is 97.7 Å². The third-order valence-electron chi connectivity index (χ3n) is 2.14. The molecule has 6 nitrogen and oxygen atoms in total. The summed E-state index contributed by atoms with van der Waals surface area (Å²) in [4.78, 5) is 21.0. The van der Waals surface area contributed by atoms with Gasteiger partial charge in [0.15, 0.2) is 0 Å². The standard InChI is InChI=1S/C11H12N2O4/c1-2-6-12-7-8-4-3-5-9(13(16)17)10(8)11(14)15/h2-5,12H,1,6-7H2,(H,14,15). The molecule has 0 aliphatic heterocycles. The third-order valence-corrected chi connectivity index (χ3v) is 2.14. The van der Waals surface area contributed by atoms with Crippen molar-refractivity contribution in [3.63, 3.8) is 0 Å². The van der Waals surface area contributed by atoms with Crippen LogP contribution in [0.15, 0.2) is 30.9 Å². The highest BCUT2D eigenvalue weighted by Gasteiger charge is 2.22. The van der Waals surface area contributed by atoms with Gasteiger partial charge >= 0.3 is 5.97 Å². The third kappa shape index (κ3) is 3.12. The lowest BCUT2D eigenvalue weighted by atomic mass is 10.1. The summed E-state index contributed by atoms with van der Waals surface area (Å²) in [6.45, 7) is 4.26. The smallest absolute Gasteiger partial charge is 0.343 e. The zero-order valence-corrected chi connectivity index (χ0v) is 9.05. The molecule has 2 N–H and O–H groups in total. The predicted molar refractivity (Wildman–Crippen MR) is 62.0 cm³/mol. The molecule has 1 rings (SSSR count). The largest absolute Gasteiger partial charge is 0.477 e. The Morgan fingerprint density at radius 3 is 2.82 bits per heavy atom. The van der Waals surface area contributed by atoms with E-state index in [0.717, 1.165) is 0 Å². The van der Waals surface area contributed by atoms with Crippen LogP contribution in [0.1, 0.15) is 15.9 Å². The van der Waals surface area contributed by atoms with Crippen molar-refractivity contribution in [3.05, 3.63) is 52.1 Å². The summed E-state index contributed by atoms with van der Waals surface area (Å²) in [5.74, 6) is -1.30. The number of hydrogen-bond donors (Lipinski definition) is 2. The summed E-state index contributed by atoms with van der Waals surface area (Å²) in [6, 6.07) is 4.20. The molecular weight excluding hydrogens is 224 g/mol. The number of rotatable bonds is 6. The highest BCUT2D eigenvalue weighted by atomic mass is 16.6. The summed E-state index contributed by atoms with van der Waals surface area (Å²) in [6.07, 6.45) is 1.62. The lowest BCUT2D eigenvalue weighted by Gasteiger charge is -2.06. The van der Waals surface area contributed by atoms with E-state index in [9.17, 15) is 14.9 Å². The van der Waals surface area contributed by atoms with Gasteiger partial charge in [-0.05, 0) is 5.56 Å². The number of nitrogens with zero attached hydrogens (tertiary/aromatic N) is 1. The Kier molecular flexibility index (Phi) is 4.36. The van der Waals surface area contributed by atoms with Crippen LogP contribution >= 0.6 is 0 Å². The number of nitro groups is 1. The fourth-order valence-corrected chi connectivity index (χ4v) is 1.44. The second kappa shape index (κ2) is 5.76. The van der Waals surface area contributed by atoms with E-state index in [2.05, 4.69) is 11.9 Å². The van der Waals surface area contributed by atoms with Crippen molar-refractivity contribution in [2.45, 2.75) is 6.54 Å². The highest BCUT2D eigenvalue weighted by molar-refractivity contribution is 5.94. The zero-order valence-electron chi connectivity index (χ0n) is 9.05. The lowest BCUT2D eigenvalue weighted by Crippen LogP contribution is -2.16. The molecule has 0 aromatic heterocycles. The molecule has 0 aliphatic rings. The molecule has 0 bridgehead atoms. The molecule has 0 atom stereocenters. The van der Waals surface area contributed by atoms with Gasteiger partial charge in [-0.15, -0.1) is 6.58 Å². The maximum Gasteiger partial charge on any atom is 0.343 e. The number of nitrogens with one attached hydrogen (secondary N) is 1. The van der Waals surface area contributed by atoms with Crippen LogP contribution < -0.4 is 5.32 Å². The average molecular weight is 236 g/mol. The van der Waals surface area contributed by atoms with E-state index in [0.29, 0.717) is 12.1 Å². The first-order valence-electron chi connectivity index (χ1n) is 4.89. The van der Waals surface area contributed by atoms with Gasteiger partial charge in [0.25, 0.3) is 5.69 Å². The Balaban J connectivity index is 3.11. The molecule has 0 heterocycles. The number of carbonyl (C=O) groups is 1. The molecule has 1 aromatic carbocycles. The summed E-state index contributed by atoms with van der Waals surface area (Å²) in [5.41, 5.74) is -0.280. The Bertz CT molecular complexity index is 457. The minimum atomic E-state index is -1.30. The van der Waals surface area contributed by atoms with Crippen LogP contribution in [-0.4, -0.2) is 22.5 Å². The van der Waals surface area contributed by atoms with Crippen LogP contribution in [0, 0.1) is 10.1 Å². The van der Waals surface area contributed by atoms with Crippen LogP contribution in [0.2, 0.25) is 0 Å². The van der Waals surface area contributed by atoms with E-state index >= 15 is 0 Å². The van der Waals surface area contributed by atoms with Crippen LogP contribution in [0.25, 0.3) is 0 Å². The van der Waals surface area contributed by atoms with Crippen molar-refractivity contribution < 1.29 is 14.8 Å². The minimum absolute atomic E-state index is 0.245. The number of hydrogen-bond acceptors (Lipinski definition) is 4. The van der Waals surface area contributed by atoms with Gasteiger partial charge in [-0.3, -0.25) is 10.1 Å². The quantitative estimate of drug-likeness (QED) is 0.338. The average Bonchev–Trinajstić information content (AvgIpc) is 2.28. The van der Waals surface area contributed by atoms with Gasteiger partial charge in [-0.1, -0.05) is 18.2 Å². The number of benzene rings is 1. The molecule has 6 heteroatoms. The second-order valence-corrected chi connectivity index (χ2v) is 3.29. The lowest BCUT2D eigenvalue weighted by molar-refractivity contribution is -0.385. The minimum Gasteiger partial charge on any atom is -0.477 e. The van der Waals surface area contributed by atoms with Gasteiger partial charge in [0.1, 0.15) is 5.56 Å². The fourth-order valence-electron chi connectivity index (χ4n) is 1.44. The molecule has 90 valence electrons. The molecule has 0 saturated heterocycles. The van der Waals surface area contributed by atoms with Gasteiger partial charge < -0.3 is 10.4 Å². The summed E-state index contributed by atoms with van der Waals surface area (Å²) >= 11 is 0. The van der Waals surface area contributed by atoms with Gasteiger partial charge in [0.05, 0.1) is 4.92 Å². The van der Waals surface area contributed by atoms with Gasteiger partial charge in [-0.2, -0.15) is 0 Å². The van der Waals surface area contributed by atoms with Crippen molar-refractivity contribution in [2.24, 2.45) is 0 Å². The first kappa shape index (κ1) is 12.9. The SMILES string of the molecule is C=CCNCc1cccc([N+](=O)[O-])c1C(=O)O. The number of carboxylic acid groups (broad SMARTS) is 1. The Morgan fingerprint density at radius 1 is 1.59 bits per heavy atom. The molecule has 0 unspecified atom stereocenters. The van der Waals surface area contributed by atoms with E-state index in [1.165, 1.54) is 12.1 Å². The fraction of sp³-hybridized carbons (Fsp3) is 0.182. The molecule has 1 aromatic rings. The van der Waals surface area contributed by atoms with E-state index in [-0.39, 0.29) is 12.1 Å². The maximum absolute atomic E-state index is 11.0. The number of aromatic carboxylic acids is 1. The molecular formula is C11H12N2O4. The highest BCUT2D eigenvalue weighted by Crippen LogP contribution is 2.22. The molecule has 0 amide bonds. The van der Waals surface area contributed by atoms with Crippen molar-refractivity contribution in [2.75, 3.05) is 6.54 Å². The zero-order chi connectivity index (χ0) is 12.8. The van der Waals surface area contributed by atoms with Crippen molar-refractivity contribution in [1.82, 2.24) is 5.32 Å². The molecule has 0 radical (unpaired) electrons. The first-order valence-corrected chi connectivity index (χ1v) is 4.89. The van der Waals surface area contributed by atoms with Crippen molar-refractivity contribution in [1.29, 1.82) is 0 Å². The van der Waals surface area contributed by atoms with E-state index in [1.54, 1.807) is 12.1 Å². The number of carboxylic acids is 1.